The van der Waals surface area contributed by atoms with Crippen molar-refractivity contribution >= 4 is 5.82 Å². The fourth-order valence-electron chi connectivity index (χ4n) is 3.09. The second-order valence-electron chi connectivity index (χ2n) is 6.31. The molecule has 0 atom stereocenters. The lowest BCUT2D eigenvalue weighted by Gasteiger charge is -2.26. The molecule has 0 saturated heterocycles. The van der Waals surface area contributed by atoms with E-state index in [0.29, 0.717) is 0 Å². The minimum absolute atomic E-state index is 0.846. The van der Waals surface area contributed by atoms with Crippen molar-refractivity contribution < 1.29 is 4.68 Å². The molecule has 5 nitrogen and oxygen atoms in total. The summed E-state index contributed by atoms with van der Waals surface area (Å²) in [6.07, 6.45) is 2.24. The van der Waals surface area contributed by atoms with Crippen LogP contribution < -0.4 is 10.4 Å². The molecule has 0 fully saturated rings. The number of rotatable bonds is 5. The van der Waals surface area contributed by atoms with Crippen LogP contribution in [0.15, 0.2) is 30.3 Å². The number of anilines is 1. The van der Waals surface area contributed by atoms with Crippen molar-refractivity contribution in [1.82, 2.24) is 14.9 Å². The molecule has 2 heterocycles. The number of nitrogens with zero attached hydrogens (tertiary/aromatic N) is 3. The smallest absolute Gasteiger partial charge is 0.303 e. The van der Waals surface area contributed by atoms with Crippen molar-refractivity contribution in [2.75, 3.05) is 39.5 Å². The standard InChI is InChI=1S/C17H25N5/c1-20(2)10-6-11-21-12-9-16-15(13-21)17(18)22(19-16)14-7-4-3-5-8-14/h3-5,7-8H,6,9-13H2,1-2H3,(H2,18,19)/p+1. The molecule has 5 heteroatoms. The van der Waals surface area contributed by atoms with Gasteiger partial charge in [-0.3, -0.25) is 10.6 Å². The molecule has 0 saturated carbocycles. The monoisotopic (exact) mass is 300 g/mol. The molecule has 118 valence electrons. The third-order valence-corrected chi connectivity index (χ3v) is 4.31. The molecule has 0 radical (unpaired) electrons. The normalized spacial score (nSPS) is 15.2. The number of nitrogens with one attached hydrogen (secondary N) is 1. The summed E-state index contributed by atoms with van der Waals surface area (Å²) in [4.78, 5) is 4.74. The van der Waals surface area contributed by atoms with Crippen molar-refractivity contribution in [2.45, 2.75) is 19.4 Å². The largest absolute Gasteiger partial charge is 0.309 e. The van der Waals surface area contributed by atoms with Crippen molar-refractivity contribution in [3.63, 3.8) is 0 Å². The van der Waals surface area contributed by atoms with Crippen LogP contribution in [0.1, 0.15) is 17.7 Å². The Labute approximate surface area is 132 Å². The summed E-state index contributed by atoms with van der Waals surface area (Å²) in [6, 6.07) is 10.3. The summed E-state index contributed by atoms with van der Waals surface area (Å²) in [5.74, 6) is 0.846. The maximum Gasteiger partial charge on any atom is 0.303 e. The van der Waals surface area contributed by atoms with E-state index >= 15 is 0 Å². The van der Waals surface area contributed by atoms with Crippen molar-refractivity contribution in [1.29, 1.82) is 0 Å². The number of nitrogens with two attached hydrogens (primary N) is 1. The minimum atomic E-state index is 0.846. The van der Waals surface area contributed by atoms with Gasteiger partial charge in [0.2, 0.25) is 0 Å². The Bertz CT molecular complexity index is 617. The number of aromatic nitrogens is 2. The van der Waals surface area contributed by atoms with Crippen molar-refractivity contribution in [3.05, 3.63) is 41.6 Å². The highest BCUT2D eigenvalue weighted by atomic mass is 15.3. The molecule has 0 aliphatic carbocycles. The summed E-state index contributed by atoms with van der Waals surface area (Å²) in [5.41, 5.74) is 10.0. The fraction of sp³-hybridized carbons (Fsp3) is 0.471. The number of H-pyrrole nitrogens is 1. The van der Waals surface area contributed by atoms with E-state index in [4.69, 9.17) is 5.73 Å². The fourth-order valence-corrected chi connectivity index (χ4v) is 3.09. The Hall–Kier alpha value is -1.85. The quantitative estimate of drug-likeness (QED) is 0.816. The van der Waals surface area contributed by atoms with Crippen LogP contribution in [0.3, 0.4) is 0 Å². The Morgan fingerprint density at radius 3 is 2.77 bits per heavy atom. The van der Waals surface area contributed by atoms with Gasteiger partial charge in [-0.15, -0.1) is 4.68 Å². The molecule has 1 aliphatic heterocycles. The van der Waals surface area contributed by atoms with Gasteiger partial charge in [0.15, 0.2) is 5.69 Å². The highest BCUT2D eigenvalue weighted by Crippen LogP contribution is 2.22. The van der Waals surface area contributed by atoms with E-state index < -0.39 is 0 Å². The van der Waals surface area contributed by atoms with E-state index in [-0.39, 0.29) is 0 Å². The second-order valence-corrected chi connectivity index (χ2v) is 6.31. The van der Waals surface area contributed by atoms with Crippen LogP contribution >= 0.6 is 0 Å². The highest BCUT2D eigenvalue weighted by Gasteiger charge is 2.27. The zero-order valence-corrected chi connectivity index (χ0v) is 13.5. The van der Waals surface area contributed by atoms with E-state index in [1.54, 1.807) is 0 Å². The molecule has 0 spiro atoms. The summed E-state index contributed by atoms with van der Waals surface area (Å²) < 4.78 is 2.01. The summed E-state index contributed by atoms with van der Waals surface area (Å²) >= 11 is 0. The highest BCUT2D eigenvalue weighted by molar-refractivity contribution is 5.41. The van der Waals surface area contributed by atoms with Gasteiger partial charge in [-0.25, -0.2) is 5.10 Å². The number of aromatic amines is 1. The van der Waals surface area contributed by atoms with Gasteiger partial charge in [-0.05, 0) is 45.7 Å². The van der Waals surface area contributed by atoms with Gasteiger partial charge >= 0.3 is 5.82 Å². The van der Waals surface area contributed by atoms with Gasteiger partial charge in [-0.2, -0.15) is 0 Å². The minimum Gasteiger partial charge on any atom is -0.309 e. The van der Waals surface area contributed by atoms with Gasteiger partial charge < -0.3 is 4.90 Å². The first-order valence-electron chi connectivity index (χ1n) is 7.99. The molecule has 22 heavy (non-hydrogen) atoms. The zero-order chi connectivity index (χ0) is 15.5. The molecular formula is C17H26N5+. The van der Waals surface area contributed by atoms with Gasteiger partial charge in [0.1, 0.15) is 0 Å². The third-order valence-electron chi connectivity index (χ3n) is 4.31. The molecule has 1 aromatic heterocycles. The summed E-state index contributed by atoms with van der Waals surface area (Å²) in [7, 11) is 4.25. The van der Waals surface area contributed by atoms with Crippen molar-refractivity contribution in [3.8, 4) is 5.69 Å². The first kappa shape index (κ1) is 15.1. The lowest BCUT2D eigenvalue weighted by atomic mass is 10.1. The van der Waals surface area contributed by atoms with E-state index in [2.05, 4.69) is 41.1 Å². The third kappa shape index (κ3) is 3.15. The van der Waals surface area contributed by atoms with Crippen molar-refractivity contribution in [2.24, 2.45) is 0 Å². The molecule has 0 amide bonds. The molecule has 0 unspecified atom stereocenters. The molecule has 3 rings (SSSR count). The maximum atomic E-state index is 6.39. The van der Waals surface area contributed by atoms with Crippen LogP contribution in [0.4, 0.5) is 5.82 Å². The molecule has 1 aromatic carbocycles. The Morgan fingerprint density at radius 1 is 1.27 bits per heavy atom. The van der Waals surface area contributed by atoms with E-state index in [1.165, 1.54) is 17.7 Å². The average molecular weight is 300 g/mol. The van der Waals surface area contributed by atoms with Crippen LogP contribution in [0.5, 0.6) is 0 Å². The van der Waals surface area contributed by atoms with E-state index in [1.807, 2.05) is 22.9 Å². The van der Waals surface area contributed by atoms with Gasteiger partial charge in [0.25, 0.3) is 0 Å². The number of benzene rings is 1. The topological polar surface area (TPSA) is 52.2 Å². The molecule has 1 aliphatic rings. The number of hydrogen-bond donors (Lipinski definition) is 2. The molecule has 3 N–H and O–H groups in total. The first-order chi connectivity index (χ1) is 10.6. The second kappa shape index (κ2) is 6.50. The predicted molar refractivity (Wildman–Crippen MR) is 88.9 cm³/mol. The maximum absolute atomic E-state index is 6.39. The number of para-hydroxylation sites is 1. The zero-order valence-electron chi connectivity index (χ0n) is 13.5. The number of nitrogen functional groups attached to an aromatic ring is 1. The number of hydrogen-bond acceptors (Lipinski definition) is 3. The Kier molecular flexibility index (Phi) is 4.45. The van der Waals surface area contributed by atoms with Gasteiger partial charge in [0, 0.05) is 19.5 Å². The SMILES string of the molecule is CN(C)CCCN1CCc2[nH][n+](-c3ccccc3)c(N)c2C1. The Morgan fingerprint density at radius 2 is 2.05 bits per heavy atom. The van der Waals surface area contributed by atoms with Gasteiger partial charge in [0.05, 0.1) is 11.3 Å². The average Bonchev–Trinajstić information content (AvgIpc) is 2.85. The lowest BCUT2D eigenvalue weighted by molar-refractivity contribution is -0.641. The lowest BCUT2D eigenvalue weighted by Crippen LogP contribution is -2.35. The summed E-state index contributed by atoms with van der Waals surface area (Å²) in [5, 5.41) is 3.47. The predicted octanol–water partition coefficient (Wildman–Crippen LogP) is 1.18. The molecule has 2 aromatic rings. The first-order valence-corrected chi connectivity index (χ1v) is 7.99. The van der Waals surface area contributed by atoms with Crippen LogP contribution in [0, 0.1) is 0 Å². The van der Waals surface area contributed by atoms with E-state index in [0.717, 1.165) is 44.1 Å². The molecule has 0 bridgehead atoms. The molecular weight excluding hydrogens is 274 g/mol. The van der Waals surface area contributed by atoms with Crippen LogP contribution in [0.2, 0.25) is 0 Å². The summed E-state index contributed by atoms with van der Waals surface area (Å²) in [6.45, 7) is 4.32. The number of fused-ring (bicyclic) bond motifs is 1. The van der Waals surface area contributed by atoms with Crippen LogP contribution in [-0.2, 0) is 13.0 Å². The van der Waals surface area contributed by atoms with Crippen LogP contribution in [0.25, 0.3) is 5.69 Å². The Balaban J connectivity index is 1.73. The van der Waals surface area contributed by atoms with Crippen LogP contribution in [-0.4, -0.2) is 48.6 Å². The van der Waals surface area contributed by atoms with Gasteiger partial charge in [-0.1, -0.05) is 18.2 Å². The van der Waals surface area contributed by atoms with E-state index in [9.17, 15) is 0 Å².